The maximum Gasteiger partial charge on any atom is 0.307 e. The van der Waals surface area contributed by atoms with E-state index < -0.39 is 17.4 Å². The molecule has 0 radical (unpaired) electrons. The summed E-state index contributed by atoms with van der Waals surface area (Å²) in [5.41, 5.74) is 10.4. The van der Waals surface area contributed by atoms with E-state index in [0.717, 1.165) is 44.7 Å². The number of fused-ring (bicyclic) bond motifs is 11. The topological polar surface area (TPSA) is 74.6 Å². The molecule has 0 saturated carbocycles. The minimum absolute atomic E-state index is 0.000694. The third-order valence-corrected chi connectivity index (χ3v) is 9.97. The van der Waals surface area contributed by atoms with Crippen LogP contribution in [0, 0.1) is 0 Å². The average Bonchev–Trinajstić information content (AvgIpc) is 3.62. The molecule has 1 atom stereocenters. The molecule has 210 valence electrons. The number of carboxylic acid groups (broad SMARTS) is 2. The molecule has 1 spiro atoms. The summed E-state index contributed by atoms with van der Waals surface area (Å²) in [5.74, 6) is -1.63. The van der Waals surface area contributed by atoms with E-state index in [2.05, 4.69) is 103 Å². The minimum atomic E-state index is -0.828. The van der Waals surface area contributed by atoms with Gasteiger partial charge in [0, 0.05) is 0 Å². The highest BCUT2D eigenvalue weighted by atomic mass is 16.4. The number of carboxylic acids is 2. The van der Waals surface area contributed by atoms with Crippen molar-refractivity contribution in [3.05, 3.63) is 135 Å². The fourth-order valence-electron chi connectivity index (χ4n) is 8.18. The van der Waals surface area contributed by atoms with Gasteiger partial charge in [-0.3, -0.25) is 9.59 Å². The molecule has 0 aromatic heterocycles. The Morgan fingerprint density at radius 2 is 1.45 bits per heavy atom. The Hall–Kier alpha value is -5.48. The molecule has 9 rings (SSSR count). The molecule has 0 aliphatic heterocycles. The second-order valence-electron chi connectivity index (χ2n) is 12.2. The molecule has 0 bridgehead atoms. The number of hydrogen-bond acceptors (Lipinski definition) is 2. The summed E-state index contributed by atoms with van der Waals surface area (Å²) in [7, 11) is 0. The van der Waals surface area contributed by atoms with Gasteiger partial charge in [0.1, 0.15) is 0 Å². The first-order valence-electron chi connectivity index (χ1n) is 14.9. The molecule has 5 aromatic carbocycles. The lowest BCUT2D eigenvalue weighted by Gasteiger charge is -2.38. The zero-order chi connectivity index (χ0) is 29.7. The van der Waals surface area contributed by atoms with Crippen LogP contribution in [0.3, 0.4) is 0 Å². The van der Waals surface area contributed by atoms with E-state index in [4.69, 9.17) is 0 Å². The molecule has 4 nitrogen and oxygen atoms in total. The van der Waals surface area contributed by atoms with Crippen LogP contribution in [-0.4, -0.2) is 22.2 Å². The van der Waals surface area contributed by atoms with Gasteiger partial charge in [-0.05, 0) is 100 Å². The molecule has 4 aliphatic rings. The predicted molar refractivity (Wildman–Crippen MR) is 175 cm³/mol. The molecule has 0 saturated heterocycles. The first-order valence-corrected chi connectivity index (χ1v) is 14.9. The second-order valence-corrected chi connectivity index (χ2v) is 12.2. The number of aliphatic carboxylic acids is 2. The van der Waals surface area contributed by atoms with Crippen molar-refractivity contribution < 1.29 is 19.8 Å². The second kappa shape index (κ2) is 8.77. The SMILES string of the molecule is O=C(O)CC1=CCc2c1ccc1c2cc2c3c(cccc31)C1(C=C2)C=c2c(ccc3c2=CC=C3CC(=O)O)-c2ccccc21. The summed E-state index contributed by atoms with van der Waals surface area (Å²) in [4.78, 5) is 23.1. The van der Waals surface area contributed by atoms with Gasteiger partial charge in [0.05, 0.1) is 18.3 Å². The molecule has 4 aliphatic carbocycles. The number of allylic oxidation sites excluding steroid dienone is 3. The van der Waals surface area contributed by atoms with Gasteiger partial charge in [-0.15, -0.1) is 0 Å². The number of carbonyl (C=O) groups is 2. The van der Waals surface area contributed by atoms with Gasteiger partial charge in [0.25, 0.3) is 0 Å². The standard InChI is InChI=1S/C40H26O4/c41-37(42)19-22-8-10-27-25(22)13-15-30-32-5-3-7-36-39(32)24(18-33(27)30)16-17-40(36)21-34-28-11-9-23(20-38(43)44)26(28)12-14-29(34)31-4-1-2-6-35(31)40/h1-9,11-18,21H,10,19-20H2,(H,41,42)(H,43,44). The summed E-state index contributed by atoms with van der Waals surface area (Å²) in [6, 6.07) is 26.0. The van der Waals surface area contributed by atoms with Crippen molar-refractivity contribution in [1.82, 2.24) is 0 Å². The molecular formula is C40H26O4. The lowest BCUT2D eigenvalue weighted by Crippen LogP contribution is -2.38. The Morgan fingerprint density at radius 3 is 2.32 bits per heavy atom. The lowest BCUT2D eigenvalue weighted by atomic mass is 9.64. The fraction of sp³-hybridized carbons (Fsp3) is 0.100. The zero-order valence-corrected chi connectivity index (χ0v) is 23.7. The van der Waals surface area contributed by atoms with Crippen molar-refractivity contribution >= 4 is 62.9 Å². The summed E-state index contributed by atoms with van der Waals surface area (Å²) in [5, 5.41) is 26.0. The predicted octanol–water partition coefficient (Wildman–Crippen LogP) is 6.83. The van der Waals surface area contributed by atoms with Crippen molar-refractivity contribution in [3.8, 4) is 11.1 Å². The van der Waals surface area contributed by atoms with Crippen molar-refractivity contribution in [3.63, 3.8) is 0 Å². The summed E-state index contributed by atoms with van der Waals surface area (Å²) < 4.78 is 0. The van der Waals surface area contributed by atoms with E-state index >= 15 is 0 Å². The smallest absolute Gasteiger partial charge is 0.307 e. The molecule has 4 heteroatoms. The first kappa shape index (κ1) is 25.1. The van der Waals surface area contributed by atoms with Crippen LogP contribution in [0.1, 0.15) is 46.2 Å². The maximum absolute atomic E-state index is 11.6. The Balaban J connectivity index is 1.32. The van der Waals surface area contributed by atoms with Gasteiger partial charge in [0.2, 0.25) is 0 Å². The average molecular weight is 571 g/mol. The molecule has 5 aromatic rings. The van der Waals surface area contributed by atoms with Crippen LogP contribution in [0.25, 0.3) is 62.0 Å². The van der Waals surface area contributed by atoms with E-state index in [1.54, 1.807) is 0 Å². The van der Waals surface area contributed by atoms with Gasteiger partial charge >= 0.3 is 11.9 Å². The normalized spacial score (nSPS) is 18.2. The van der Waals surface area contributed by atoms with E-state index in [0.29, 0.717) is 0 Å². The van der Waals surface area contributed by atoms with E-state index in [1.165, 1.54) is 49.4 Å². The summed E-state index contributed by atoms with van der Waals surface area (Å²) in [6.45, 7) is 0. The third-order valence-electron chi connectivity index (χ3n) is 9.97. The number of hydrogen-bond donors (Lipinski definition) is 2. The van der Waals surface area contributed by atoms with Crippen LogP contribution in [0.5, 0.6) is 0 Å². The van der Waals surface area contributed by atoms with Crippen LogP contribution in [0.2, 0.25) is 0 Å². The Labute approximate surface area is 252 Å². The largest absolute Gasteiger partial charge is 0.481 e. The van der Waals surface area contributed by atoms with Crippen molar-refractivity contribution in [2.75, 3.05) is 0 Å². The van der Waals surface area contributed by atoms with Crippen LogP contribution >= 0.6 is 0 Å². The van der Waals surface area contributed by atoms with E-state index in [-0.39, 0.29) is 12.8 Å². The van der Waals surface area contributed by atoms with Gasteiger partial charge < -0.3 is 10.2 Å². The molecule has 0 amide bonds. The minimum Gasteiger partial charge on any atom is -0.481 e. The van der Waals surface area contributed by atoms with Crippen LogP contribution in [-0.2, 0) is 21.4 Å². The Bertz CT molecular complexity index is 2420. The molecule has 0 heterocycles. The first-order chi connectivity index (χ1) is 21.4. The monoisotopic (exact) mass is 570 g/mol. The highest BCUT2D eigenvalue weighted by molar-refractivity contribution is 6.16. The lowest BCUT2D eigenvalue weighted by molar-refractivity contribution is -0.136. The quantitative estimate of drug-likeness (QED) is 0.232. The molecule has 1 unspecified atom stereocenters. The molecule has 2 N–H and O–H groups in total. The van der Waals surface area contributed by atoms with Crippen molar-refractivity contribution in [2.45, 2.75) is 24.7 Å². The maximum atomic E-state index is 11.6. The van der Waals surface area contributed by atoms with Crippen molar-refractivity contribution in [1.29, 1.82) is 0 Å². The molecule has 0 fully saturated rings. The highest BCUT2D eigenvalue weighted by Crippen LogP contribution is 2.50. The van der Waals surface area contributed by atoms with Crippen LogP contribution in [0.15, 0.2) is 91.0 Å². The zero-order valence-electron chi connectivity index (χ0n) is 23.7. The van der Waals surface area contributed by atoms with Crippen molar-refractivity contribution in [2.24, 2.45) is 0 Å². The fourth-order valence-corrected chi connectivity index (χ4v) is 8.18. The Kier molecular flexibility index (Phi) is 5.00. The summed E-state index contributed by atoms with van der Waals surface area (Å²) >= 11 is 0. The van der Waals surface area contributed by atoms with Crippen LogP contribution < -0.4 is 10.4 Å². The Morgan fingerprint density at radius 1 is 0.682 bits per heavy atom. The van der Waals surface area contributed by atoms with Gasteiger partial charge in [-0.2, -0.15) is 0 Å². The number of benzene rings is 5. The molecule has 44 heavy (non-hydrogen) atoms. The molecular weight excluding hydrogens is 544 g/mol. The van der Waals surface area contributed by atoms with E-state index in [1.807, 2.05) is 6.08 Å². The van der Waals surface area contributed by atoms with E-state index in [9.17, 15) is 19.8 Å². The summed E-state index contributed by atoms with van der Waals surface area (Å²) in [6.07, 6.45) is 13.8. The van der Waals surface area contributed by atoms with Crippen LogP contribution in [0.4, 0.5) is 0 Å². The number of rotatable bonds is 4. The van der Waals surface area contributed by atoms with Gasteiger partial charge in [-0.1, -0.05) is 103 Å². The highest BCUT2D eigenvalue weighted by Gasteiger charge is 2.38. The van der Waals surface area contributed by atoms with Gasteiger partial charge in [0.15, 0.2) is 0 Å². The third kappa shape index (κ3) is 3.28. The van der Waals surface area contributed by atoms with Gasteiger partial charge in [-0.25, -0.2) is 0 Å².